The van der Waals surface area contributed by atoms with E-state index in [1.165, 1.54) is 36.4 Å². The molecule has 0 aromatic heterocycles. The Morgan fingerprint density at radius 3 is 2.41 bits per heavy atom. The third-order valence-corrected chi connectivity index (χ3v) is 6.61. The van der Waals surface area contributed by atoms with E-state index < -0.39 is 21.5 Å². The van der Waals surface area contributed by atoms with Crippen LogP contribution in [-0.4, -0.2) is 20.0 Å². The van der Waals surface area contributed by atoms with E-state index in [-0.39, 0.29) is 67.8 Å². The molecular weight excluding hydrogens is 444 g/mol. The van der Waals surface area contributed by atoms with E-state index in [4.69, 9.17) is 34.8 Å². The average Bonchev–Trinajstić information content (AvgIpc) is 2.66. The van der Waals surface area contributed by atoms with Gasteiger partial charge in [0.25, 0.3) is 0 Å². The Morgan fingerprint density at radius 2 is 1.74 bits per heavy atom. The van der Waals surface area contributed by atoms with E-state index in [0.717, 1.165) is 0 Å². The van der Waals surface area contributed by atoms with Gasteiger partial charge in [-0.15, -0.1) is 0 Å². The van der Waals surface area contributed by atoms with Gasteiger partial charge in [-0.1, -0.05) is 34.8 Å². The zero-order valence-electron chi connectivity index (χ0n) is 14.1. The maximum absolute atomic E-state index is 12.8. The molecule has 27 heavy (non-hydrogen) atoms. The van der Waals surface area contributed by atoms with Crippen LogP contribution in [-0.2, 0) is 9.84 Å². The Hall–Kier alpha value is -0.730. The maximum Gasteiger partial charge on any atom is 1.00 e. The fourth-order valence-corrected chi connectivity index (χ4v) is 4.50. The number of hydrogen-bond acceptors (Lipinski definition) is 5. The molecule has 0 saturated carbocycles. The van der Waals surface area contributed by atoms with Gasteiger partial charge in [-0.25, -0.2) is 8.42 Å². The van der Waals surface area contributed by atoms with Crippen LogP contribution in [0, 0.1) is 0 Å². The molecule has 3 rings (SSSR count). The zero-order chi connectivity index (χ0) is 19.1. The van der Waals surface area contributed by atoms with E-state index >= 15 is 0 Å². The van der Waals surface area contributed by atoms with E-state index in [9.17, 15) is 18.3 Å². The number of anilines is 1. The van der Waals surface area contributed by atoms with Gasteiger partial charge < -0.3 is 10.4 Å². The summed E-state index contributed by atoms with van der Waals surface area (Å²) in [5, 5.41) is 15.9. The number of allylic oxidation sites excluding steroid dienone is 1. The van der Waals surface area contributed by atoms with Gasteiger partial charge in [0.15, 0.2) is 15.6 Å². The summed E-state index contributed by atoms with van der Waals surface area (Å²) >= 11 is 17.6. The number of halogens is 3. The molecule has 0 amide bonds. The number of carbonyl (C=O) groups is 1. The number of benzene rings is 2. The average molecular weight is 455 g/mol. The molecule has 0 unspecified atom stereocenters. The van der Waals surface area contributed by atoms with Crippen molar-refractivity contribution in [2.24, 2.45) is 0 Å². The summed E-state index contributed by atoms with van der Waals surface area (Å²) in [4.78, 5) is 12.6. The first-order chi connectivity index (χ1) is 12.2. The van der Waals surface area contributed by atoms with Crippen LogP contribution in [0.4, 0.5) is 5.69 Å². The van der Waals surface area contributed by atoms with Gasteiger partial charge in [0.1, 0.15) is 0 Å². The van der Waals surface area contributed by atoms with Crippen LogP contribution < -0.4 is 40.0 Å². The molecule has 10 heteroatoms. The minimum atomic E-state index is -3.70. The minimum absolute atomic E-state index is 0. The fourth-order valence-electron chi connectivity index (χ4n) is 2.57. The Bertz CT molecular complexity index is 1050. The number of carbonyl (C=O) groups excluding carboxylic acids is 1. The van der Waals surface area contributed by atoms with E-state index in [1.54, 1.807) is 0 Å². The SMILES string of the molecule is O=C1/C(=C(\[O-])Nc2ccc(Cl)c(Cl)c2)CCS(=O)(=O)c2ccc(Cl)cc21.[Na+]. The third kappa shape index (κ3) is 4.82. The normalized spacial score (nSPS) is 17.4. The molecule has 2 aromatic carbocycles. The largest absolute Gasteiger partial charge is 1.00 e. The second-order valence-electron chi connectivity index (χ2n) is 5.60. The number of nitrogens with one attached hydrogen (secondary N) is 1. The van der Waals surface area contributed by atoms with Crippen molar-refractivity contribution < 1.29 is 47.9 Å². The molecule has 1 aliphatic heterocycles. The molecule has 0 fully saturated rings. The van der Waals surface area contributed by atoms with Crippen LogP contribution in [0.25, 0.3) is 0 Å². The Morgan fingerprint density at radius 1 is 1.04 bits per heavy atom. The Kier molecular flexibility index (Phi) is 7.30. The van der Waals surface area contributed by atoms with Crippen LogP contribution in [0.1, 0.15) is 16.8 Å². The molecular formula is C17H11Cl3NNaO4S. The summed E-state index contributed by atoms with van der Waals surface area (Å²) in [6, 6.07) is 8.39. The van der Waals surface area contributed by atoms with Gasteiger partial charge in [-0.3, -0.25) is 4.79 Å². The predicted molar refractivity (Wildman–Crippen MR) is 99.6 cm³/mol. The van der Waals surface area contributed by atoms with E-state index in [2.05, 4.69) is 5.32 Å². The molecule has 2 aromatic rings. The van der Waals surface area contributed by atoms with E-state index in [0.29, 0.717) is 10.7 Å². The van der Waals surface area contributed by atoms with Gasteiger partial charge in [0.2, 0.25) is 0 Å². The molecule has 0 saturated heterocycles. The molecule has 0 aliphatic carbocycles. The van der Waals surface area contributed by atoms with Crippen molar-refractivity contribution in [3.8, 4) is 0 Å². The third-order valence-electron chi connectivity index (χ3n) is 3.87. The summed E-state index contributed by atoms with van der Waals surface area (Å²) in [5.41, 5.74) is 0.0677. The summed E-state index contributed by atoms with van der Waals surface area (Å²) in [6.45, 7) is 0. The first-order valence-corrected chi connectivity index (χ1v) is 10.2. The summed E-state index contributed by atoms with van der Waals surface area (Å²) in [7, 11) is -3.70. The standard InChI is InChI=1S/C17H12Cl3NO4S.Na/c18-9-1-4-15-12(7-9)16(22)11(5-6-26(15,24)25)17(23)21-10-2-3-13(19)14(20)8-10;/h1-4,7-8,21,23H,5-6H2;/q;+1/p-1/b17-11-;. The summed E-state index contributed by atoms with van der Waals surface area (Å²) in [5.74, 6) is -1.71. The Balaban J connectivity index is 0.00000261. The number of ketones is 1. The molecule has 5 nitrogen and oxygen atoms in total. The molecule has 1 aliphatic rings. The first kappa shape index (κ1) is 22.6. The number of rotatable bonds is 2. The molecule has 0 atom stereocenters. The first-order valence-electron chi connectivity index (χ1n) is 7.38. The fraction of sp³-hybridized carbons (Fsp3) is 0.118. The molecule has 0 spiro atoms. The van der Waals surface area contributed by atoms with Gasteiger partial charge in [-0.05, 0) is 48.7 Å². The van der Waals surface area contributed by atoms with Crippen molar-refractivity contribution in [3.63, 3.8) is 0 Å². The monoisotopic (exact) mass is 453 g/mol. The maximum atomic E-state index is 12.8. The van der Waals surface area contributed by atoms with Crippen LogP contribution >= 0.6 is 34.8 Å². The zero-order valence-corrected chi connectivity index (χ0v) is 19.1. The number of sulfone groups is 1. The summed E-state index contributed by atoms with van der Waals surface area (Å²) in [6.07, 6.45) is -0.208. The number of Topliss-reactive ketones (excluding diaryl/α,β-unsaturated/α-hetero) is 1. The number of hydrogen-bond donors (Lipinski definition) is 1. The molecule has 1 N–H and O–H groups in total. The molecule has 1 heterocycles. The Labute approximate surface area is 193 Å². The predicted octanol–water partition coefficient (Wildman–Crippen LogP) is 0.695. The molecule has 136 valence electrons. The van der Waals surface area contributed by atoms with Gasteiger partial charge in [0.05, 0.1) is 20.7 Å². The second-order valence-corrected chi connectivity index (χ2v) is 8.93. The van der Waals surface area contributed by atoms with E-state index in [1.807, 2.05) is 0 Å². The van der Waals surface area contributed by atoms with Crippen molar-refractivity contribution in [3.05, 3.63) is 68.5 Å². The van der Waals surface area contributed by atoms with Crippen LogP contribution in [0.2, 0.25) is 15.1 Å². The number of fused-ring (bicyclic) bond motifs is 1. The second kappa shape index (κ2) is 8.74. The van der Waals surface area contributed by atoms with Gasteiger partial charge >= 0.3 is 29.6 Å². The van der Waals surface area contributed by atoms with Crippen LogP contribution in [0.3, 0.4) is 0 Å². The van der Waals surface area contributed by atoms with Crippen molar-refractivity contribution >= 4 is 56.1 Å². The topological polar surface area (TPSA) is 86.3 Å². The minimum Gasteiger partial charge on any atom is -0.860 e. The quantitative estimate of drug-likeness (QED) is 0.410. The van der Waals surface area contributed by atoms with Crippen LogP contribution in [0.15, 0.2) is 52.7 Å². The van der Waals surface area contributed by atoms with Gasteiger partial charge in [0, 0.05) is 21.8 Å². The van der Waals surface area contributed by atoms with Crippen molar-refractivity contribution in [2.45, 2.75) is 11.3 Å². The van der Waals surface area contributed by atoms with Gasteiger partial charge in [-0.2, -0.15) is 0 Å². The molecule has 0 bridgehead atoms. The van der Waals surface area contributed by atoms with Crippen molar-refractivity contribution in [2.75, 3.05) is 11.1 Å². The molecule has 0 radical (unpaired) electrons. The van der Waals surface area contributed by atoms with Crippen molar-refractivity contribution in [1.29, 1.82) is 0 Å². The smallest absolute Gasteiger partial charge is 0.860 e. The van der Waals surface area contributed by atoms with Crippen molar-refractivity contribution in [1.82, 2.24) is 0 Å². The van der Waals surface area contributed by atoms with Crippen LogP contribution in [0.5, 0.6) is 0 Å². The summed E-state index contributed by atoms with van der Waals surface area (Å²) < 4.78 is 24.8.